The lowest BCUT2D eigenvalue weighted by Crippen LogP contribution is -2.41. The summed E-state index contributed by atoms with van der Waals surface area (Å²) in [6.07, 6.45) is 2.90. The van der Waals surface area contributed by atoms with Crippen LogP contribution < -0.4 is 10.9 Å². The maximum absolute atomic E-state index is 12.2. The Kier molecular flexibility index (Phi) is 4.76. The predicted octanol–water partition coefficient (Wildman–Crippen LogP) is 3.26. The Hall–Kier alpha value is -4.06. The number of benzene rings is 2. The van der Waals surface area contributed by atoms with Crippen molar-refractivity contribution in [1.82, 2.24) is 20.8 Å². The fourth-order valence-corrected chi connectivity index (χ4v) is 2.75. The molecule has 0 saturated heterocycles. The quantitative estimate of drug-likeness (QED) is 0.429. The summed E-state index contributed by atoms with van der Waals surface area (Å²) in [5, 5.41) is 1.97. The third-order valence-corrected chi connectivity index (χ3v) is 4.16. The third kappa shape index (κ3) is 3.86. The van der Waals surface area contributed by atoms with Crippen LogP contribution in [0.15, 0.2) is 78.9 Å². The number of aromatic nitrogens is 2. The van der Waals surface area contributed by atoms with Gasteiger partial charge >= 0.3 is 0 Å². The molecule has 136 valence electrons. The molecule has 2 amide bonds. The van der Waals surface area contributed by atoms with Gasteiger partial charge in [-0.1, -0.05) is 48.5 Å². The van der Waals surface area contributed by atoms with Crippen molar-refractivity contribution in [1.29, 1.82) is 0 Å². The number of nitrogens with one attached hydrogen (secondary N) is 2. The molecule has 0 unspecified atom stereocenters. The van der Waals surface area contributed by atoms with Crippen molar-refractivity contribution >= 4 is 39.7 Å². The summed E-state index contributed by atoms with van der Waals surface area (Å²) in [5.41, 5.74) is 7.13. The van der Waals surface area contributed by atoms with E-state index in [-0.39, 0.29) is 5.69 Å². The maximum atomic E-state index is 12.2. The van der Waals surface area contributed by atoms with E-state index in [9.17, 15) is 9.59 Å². The van der Waals surface area contributed by atoms with Gasteiger partial charge in [0.05, 0.1) is 16.7 Å². The van der Waals surface area contributed by atoms with Gasteiger partial charge in [0.2, 0.25) is 0 Å². The Morgan fingerprint density at radius 2 is 1.36 bits per heavy atom. The van der Waals surface area contributed by atoms with Crippen molar-refractivity contribution in [3.8, 4) is 0 Å². The molecule has 6 nitrogen and oxygen atoms in total. The van der Waals surface area contributed by atoms with Gasteiger partial charge in [0, 0.05) is 16.8 Å². The van der Waals surface area contributed by atoms with Crippen molar-refractivity contribution < 1.29 is 9.59 Å². The second-order valence-corrected chi connectivity index (χ2v) is 6.09. The van der Waals surface area contributed by atoms with Gasteiger partial charge in [-0.3, -0.25) is 20.4 Å². The highest BCUT2D eigenvalue weighted by Gasteiger charge is 2.08. The third-order valence-electron chi connectivity index (χ3n) is 4.16. The largest absolute Gasteiger partial charge is 0.288 e. The number of carbonyl (C=O) groups excluding carboxylic acids is 2. The first kappa shape index (κ1) is 17.4. The standard InChI is InChI=1S/C22H16N4O2/c27-21(14-12-17-11-9-15-5-1-3-7-18(15)23-17)25-26-22(28)20-13-10-16-6-2-4-8-19(16)24-20/h1-14H,(H,25,27)(H,26,28)/b14-12-. The number of pyridine rings is 2. The van der Waals surface area contributed by atoms with Crippen molar-refractivity contribution in [2.75, 3.05) is 0 Å². The molecule has 0 atom stereocenters. The summed E-state index contributed by atoms with van der Waals surface area (Å²) in [6.45, 7) is 0. The molecule has 2 aromatic heterocycles. The number of amides is 2. The number of hydrazine groups is 1. The average Bonchev–Trinajstić information content (AvgIpc) is 2.75. The first-order chi connectivity index (χ1) is 13.7. The van der Waals surface area contributed by atoms with Gasteiger partial charge in [-0.25, -0.2) is 9.97 Å². The van der Waals surface area contributed by atoms with Crippen LogP contribution in [-0.4, -0.2) is 21.8 Å². The predicted molar refractivity (Wildman–Crippen MR) is 108 cm³/mol. The lowest BCUT2D eigenvalue weighted by Gasteiger charge is -2.05. The summed E-state index contributed by atoms with van der Waals surface area (Å²) in [5.74, 6) is -0.958. The van der Waals surface area contributed by atoms with E-state index in [4.69, 9.17) is 0 Å². The van der Waals surface area contributed by atoms with Crippen molar-refractivity contribution in [3.05, 3.63) is 90.3 Å². The number of para-hydroxylation sites is 2. The summed E-state index contributed by atoms with van der Waals surface area (Å²) in [6, 6.07) is 22.4. The second kappa shape index (κ2) is 7.67. The lowest BCUT2D eigenvalue weighted by molar-refractivity contribution is -0.117. The molecule has 2 heterocycles. The summed E-state index contributed by atoms with van der Waals surface area (Å²) >= 11 is 0. The molecule has 0 aliphatic rings. The molecule has 6 heteroatoms. The van der Waals surface area contributed by atoms with Crippen LogP contribution in [0.3, 0.4) is 0 Å². The molecule has 0 aliphatic carbocycles. The normalized spacial score (nSPS) is 11.0. The number of carbonyl (C=O) groups is 2. The van der Waals surface area contributed by atoms with Gasteiger partial charge in [-0.2, -0.15) is 0 Å². The van der Waals surface area contributed by atoms with Crippen LogP contribution in [0.1, 0.15) is 16.2 Å². The Balaban J connectivity index is 1.38. The van der Waals surface area contributed by atoms with E-state index in [1.807, 2.05) is 66.7 Å². The van der Waals surface area contributed by atoms with Crippen LogP contribution in [0.5, 0.6) is 0 Å². The van der Waals surface area contributed by atoms with Crippen LogP contribution in [0.25, 0.3) is 27.9 Å². The molecular weight excluding hydrogens is 352 g/mol. The zero-order chi connectivity index (χ0) is 19.3. The molecule has 2 N–H and O–H groups in total. The molecule has 0 fully saturated rings. The van der Waals surface area contributed by atoms with E-state index < -0.39 is 11.8 Å². The van der Waals surface area contributed by atoms with Crippen LogP contribution in [0, 0.1) is 0 Å². The molecule has 4 rings (SSSR count). The topological polar surface area (TPSA) is 84.0 Å². The molecule has 0 spiro atoms. The van der Waals surface area contributed by atoms with Gasteiger partial charge in [-0.15, -0.1) is 0 Å². The maximum Gasteiger partial charge on any atom is 0.288 e. The van der Waals surface area contributed by atoms with Crippen molar-refractivity contribution in [2.24, 2.45) is 0 Å². The fourth-order valence-electron chi connectivity index (χ4n) is 2.75. The monoisotopic (exact) mass is 368 g/mol. The van der Waals surface area contributed by atoms with Crippen molar-refractivity contribution in [2.45, 2.75) is 0 Å². The van der Waals surface area contributed by atoms with Gasteiger partial charge in [0.25, 0.3) is 11.8 Å². The Morgan fingerprint density at radius 3 is 2.11 bits per heavy atom. The molecule has 0 saturated carbocycles. The van der Waals surface area contributed by atoms with Crippen molar-refractivity contribution in [3.63, 3.8) is 0 Å². The highest BCUT2D eigenvalue weighted by atomic mass is 16.2. The zero-order valence-electron chi connectivity index (χ0n) is 14.8. The minimum absolute atomic E-state index is 0.221. The van der Waals surface area contributed by atoms with E-state index in [1.54, 1.807) is 12.1 Å². The van der Waals surface area contributed by atoms with Crippen LogP contribution >= 0.6 is 0 Å². The highest BCUT2D eigenvalue weighted by molar-refractivity contribution is 5.98. The number of hydrogen-bond donors (Lipinski definition) is 2. The van der Waals surface area contributed by atoms with E-state index in [0.717, 1.165) is 16.3 Å². The fraction of sp³-hybridized carbons (Fsp3) is 0. The lowest BCUT2D eigenvalue weighted by atomic mass is 10.2. The molecule has 28 heavy (non-hydrogen) atoms. The smallest absolute Gasteiger partial charge is 0.268 e. The molecule has 2 aromatic carbocycles. The van der Waals surface area contributed by atoms with E-state index in [2.05, 4.69) is 20.8 Å². The summed E-state index contributed by atoms with van der Waals surface area (Å²) in [7, 11) is 0. The Labute approximate surface area is 160 Å². The number of fused-ring (bicyclic) bond motifs is 2. The highest BCUT2D eigenvalue weighted by Crippen LogP contribution is 2.13. The van der Waals surface area contributed by atoms with Gasteiger partial charge in [0.15, 0.2) is 0 Å². The summed E-state index contributed by atoms with van der Waals surface area (Å²) in [4.78, 5) is 32.9. The Bertz CT molecular complexity index is 1220. The number of rotatable bonds is 3. The SMILES string of the molecule is O=C(/C=C\c1ccc2ccccc2n1)NNC(=O)c1ccc2ccccc2n1. The molecule has 0 radical (unpaired) electrons. The van der Waals surface area contributed by atoms with Crippen LogP contribution in [-0.2, 0) is 4.79 Å². The molecule has 0 bridgehead atoms. The Morgan fingerprint density at radius 1 is 0.714 bits per heavy atom. The first-order valence-corrected chi connectivity index (χ1v) is 8.69. The second-order valence-electron chi connectivity index (χ2n) is 6.09. The van der Waals surface area contributed by atoms with Gasteiger partial charge < -0.3 is 0 Å². The number of nitrogens with zero attached hydrogens (tertiary/aromatic N) is 2. The first-order valence-electron chi connectivity index (χ1n) is 8.69. The minimum Gasteiger partial charge on any atom is -0.268 e. The molecule has 4 aromatic rings. The van der Waals surface area contributed by atoms with E-state index >= 15 is 0 Å². The van der Waals surface area contributed by atoms with Gasteiger partial charge in [-0.05, 0) is 30.3 Å². The minimum atomic E-state index is -0.490. The zero-order valence-corrected chi connectivity index (χ0v) is 14.8. The number of hydrogen-bond acceptors (Lipinski definition) is 4. The molecule has 0 aliphatic heterocycles. The van der Waals surface area contributed by atoms with E-state index in [0.29, 0.717) is 11.2 Å². The average molecular weight is 368 g/mol. The van der Waals surface area contributed by atoms with Crippen LogP contribution in [0.4, 0.5) is 0 Å². The van der Waals surface area contributed by atoms with Crippen LogP contribution in [0.2, 0.25) is 0 Å². The van der Waals surface area contributed by atoms with Gasteiger partial charge in [0.1, 0.15) is 5.69 Å². The molecular formula is C22H16N4O2. The van der Waals surface area contributed by atoms with E-state index in [1.165, 1.54) is 6.08 Å². The summed E-state index contributed by atoms with van der Waals surface area (Å²) < 4.78 is 0.